The zero-order valence-corrected chi connectivity index (χ0v) is 18.9. The molecule has 0 unspecified atom stereocenters. The summed E-state index contributed by atoms with van der Waals surface area (Å²) in [6.07, 6.45) is -0.101. The summed E-state index contributed by atoms with van der Waals surface area (Å²) in [5.74, 6) is 4.26. The molecule has 1 fully saturated rings. The van der Waals surface area contributed by atoms with E-state index in [0.29, 0.717) is 36.2 Å². The Balaban J connectivity index is 1.64. The Labute approximate surface area is 187 Å². The number of morpholine rings is 1. The number of nitrogens with zero attached hydrogens (tertiary/aromatic N) is 1. The second-order valence-electron chi connectivity index (χ2n) is 8.20. The number of ether oxygens (including phenoxy) is 7. The summed E-state index contributed by atoms with van der Waals surface area (Å²) in [6.45, 7) is 5.51. The van der Waals surface area contributed by atoms with Crippen molar-refractivity contribution in [2.45, 2.75) is 19.1 Å². The van der Waals surface area contributed by atoms with Crippen molar-refractivity contribution in [3.05, 3.63) is 35.4 Å². The van der Waals surface area contributed by atoms with Crippen LogP contribution in [0.15, 0.2) is 24.3 Å². The molecule has 5 rings (SSSR count). The van der Waals surface area contributed by atoms with E-state index in [4.69, 9.17) is 33.2 Å². The summed E-state index contributed by atoms with van der Waals surface area (Å²) in [6, 6.07) is 8.04. The van der Waals surface area contributed by atoms with Gasteiger partial charge in [-0.2, -0.15) is 0 Å². The lowest BCUT2D eigenvalue weighted by atomic mass is 9.77. The molecule has 1 saturated heterocycles. The second kappa shape index (κ2) is 8.60. The first-order valence-corrected chi connectivity index (χ1v) is 10.9. The van der Waals surface area contributed by atoms with Crippen molar-refractivity contribution in [3.63, 3.8) is 0 Å². The van der Waals surface area contributed by atoms with E-state index in [0.717, 1.165) is 35.7 Å². The van der Waals surface area contributed by atoms with Crippen molar-refractivity contribution in [2.24, 2.45) is 5.92 Å². The first kappa shape index (κ1) is 21.0. The van der Waals surface area contributed by atoms with Gasteiger partial charge in [0.25, 0.3) is 0 Å². The third kappa shape index (κ3) is 3.47. The van der Waals surface area contributed by atoms with Gasteiger partial charge in [0.1, 0.15) is 5.75 Å². The third-order valence-corrected chi connectivity index (χ3v) is 6.52. The molecular formula is C24H29NO7. The number of hydrogen-bond donors (Lipinski definition) is 0. The van der Waals surface area contributed by atoms with Gasteiger partial charge >= 0.3 is 0 Å². The number of methoxy groups -OCH3 is 3. The van der Waals surface area contributed by atoms with Crippen LogP contribution in [0.2, 0.25) is 0 Å². The van der Waals surface area contributed by atoms with Gasteiger partial charge in [0, 0.05) is 36.6 Å². The predicted octanol–water partition coefficient (Wildman–Crippen LogP) is 3.26. The molecule has 0 amide bonds. The van der Waals surface area contributed by atoms with E-state index in [1.165, 1.54) is 0 Å². The van der Waals surface area contributed by atoms with Gasteiger partial charge in [-0.3, -0.25) is 4.90 Å². The van der Waals surface area contributed by atoms with Crippen LogP contribution in [-0.2, 0) is 4.74 Å². The van der Waals surface area contributed by atoms with Crippen LogP contribution in [-0.4, -0.2) is 65.6 Å². The molecule has 8 nitrogen and oxygen atoms in total. The Hall–Kier alpha value is -2.84. The summed E-state index contributed by atoms with van der Waals surface area (Å²) >= 11 is 0. The van der Waals surface area contributed by atoms with Gasteiger partial charge in [0.2, 0.25) is 12.5 Å². The zero-order valence-electron chi connectivity index (χ0n) is 18.9. The van der Waals surface area contributed by atoms with E-state index >= 15 is 0 Å². The first-order valence-electron chi connectivity index (χ1n) is 10.9. The average Bonchev–Trinajstić information content (AvgIpc) is 3.29. The number of hydrogen-bond acceptors (Lipinski definition) is 8. The number of fused-ring (bicyclic) bond motifs is 2. The standard InChI is InChI=1S/C24H29NO7/c1-14-22(15-9-20(26-2)23(28-4)21(10-15)27-3)16-11-18-19(31-13-30-18)12-17(16)32-24(14)25-5-7-29-8-6-25/h9-12,14,22,24H,5-8,13H2,1-4H3/t14-,22-,24-/m1/s1. The summed E-state index contributed by atoms with van der Waals surface area (Å²) in [7, 11) is 4.88. The molecule has 172 valence electrons. The highest BCUT2D eigenvalue weighted by Gasteiger charge is 2.41. The topological polar surface area (TPSA) is 67.9 Å². The van der Waals surface area contributed by atoms with Crippen LogP contribution >= 0.6 is 0 Å². The van der Waals surface area contributed by atoms with Crippen molar-refractivity contribution in [1.82, 2.24) is 4.90 Å². The van der Waals surface area contributed by atoms with E-state index in [1.54, 1.807) is 21.3 Å². The van der Waals surface area contributed by atoms with E-state index in [-0.39, 0.29) is 24.9 Å². The lowest BCUT2D eigenvalue weighted by Gasteiger charge is -2.44. The third-order valence-electron chi connectivity index (χ3n) is 6.52. The van der Waals surface area contributed by atoms with Crippen LogP contribution < -0.4 is 28.4 Å². The SMILES string of the molecule is COc1cc([C@@H]2c3cc4c(cc3O[C@@H](N3CCOCC3)[C@@H]2C)OCO4)cc(OC)c1OC. The molecule has 2 aromatic carbocycles. The van der Waals surface area contributed by atoms with Crippen LogP contribution in [0.4, 0.5) is 0 Å². The fraction of sp³-hybridized carbons (Fsp3) is 0.500. The van der Waals surface area contributed by atoms with Gasteiger partial charge in [-0.25, -0.2) is 0 Å². The normalized spacial score (nSPS) is 24.4. The van der Waals surface area contributed by atoms with Crippen LogP contribution in [0.1, 0.15) is 24.0 Å². The van der Waals surface area contributed by atoms with Crippen molar-refractivity contribution < 1.29 is 33.2 Å². The molecule has 0 saturated carbocycles. The van der Waals surface area contributed by atoms with Crippen LogP contribution in [0, 0.1) is 5.92 Å². The van der Waals surface area contributed by atoms with Crippen molar-refractivity contribution >= 4 is 0 Å². The number of rotatable bonds is 5. The highest BCUT2D eigenvalue weighted by molar-refractivity contribution is 5.60. The molecule has 0 radical (unpaired) electrons. The van der Waals surface area contributed by atoms with Gasteiger partial charge in [-0.05, 0) is 23.8 Å². The molecule has 8 heteroatoms. The minimum Gasteiger partial charge on any atom is -0.493 e. The highest BCUT2D eigenvalue weighted by atomic mass is 16.7. The lowest BCUT2D eigenvalue weighted by molar-refractivity contribution is -0.0784. The maximum absolute atomic E-state index is 6.57. The predicted molar refractivity (Wildman–Crippen MR) is 116 cm³/mol. The van der Waals surface area contributed by atoms with E-state index in [2.05, 4.69) is 11.8 Å². The Morgan fingerprint density at radius 3 is 2.12 bits per heavy atom. The van der Waals surface area contributed by atoms with Crippen molar-refractivity contribution in [3.8, 4) is 34.5 Å². The molecular weight excluding hydrogens is 414 g/mol. The Bertz CT molecular complexity index is 964. The fourth-order valence-electron chi connectivity index (χ4n) is 4.97. The van der Waals surface area contributed by atoms with Gasteiger partial charge in [-0.15, -0.1) is 0 Å². The van der Waals surface area contributed by atoms with Crippen LogP contribution in [0.3, 0.4) is 0 Å². The Morgan fingerprint density at radius 2 is 1.50 bits per heavy atom. The number of benzene rings is 2. The van der Waals surface area contributed by atoms with Gasteiger partial charge in [0.05, 0.1) is 34.5 Å². The lowest BCUT2D eigenvalue weighted by Crippen LogP contribution is -2.52. The molecule has 3 heterocycles. The molecule has 0 aliphatic carbocycles. The zero-order chi connectivity index (χ0) is 22.2. The summed E-state index contributed by atoms with van der Waals surface area (Å²) in [4.78, 5) is 2.35. The van der Waals surface area contributed by atoms with Crippen LogP contribution in [0.25, 0.3) is 0 Å². The van der Waals surface area contributed by atoms with E-state index in [1.807, 2.05) is 24.3 Å². The minimum absolute atomic E-state index is 0.0230. The average molecular weight is 443 g/mol. The molecule has 2 aromatic rings. The van der Waals surface area contributed by atoms with Gasteiger partial charge < -0.3 is 33.2 Å². The molecule has 3 atom stereocenters. The highest BCUT2D eigenvalue weighted by Crippen LogP contribution is 2.51. The summed E-state index contributed by atoms with van der Waals surface area (Å²) < 4.78 is 40.3. The van der Waals surface area contributed by atoms with Gasteiger partial charge in [-0.1, -0.05) is 6.92 Å². The Morgan fingerprint density at radius 1 is 0.844 bits per heavy atom. The summed E-state index contributed by atoms with van der Waals surface area (Å²) in [5, 5.41) is 0. The van der Waals surface area contributed by atoms with Crippen molar-refractivity contribution in [2.75, 3.05) is 54.4 Å². The molecule has 0 N–H and O–H groups in total. The maximum Gasteiger partial charge on any atom is 0.231 e. The largest absolute Gasteiger partial charge is 0.493 e. The van der Waals surface area contributed by atoms with E-state index in [9.17, 15) is 0 Å². The molecule has 3 aliphatic rings. The van der Waals surface area contributed by atoms with Gasteiger partial charge in [0.15, 0.2) is 29.2 Å². The maximum atomic E-state index is 6.57. The quantitative estimate of drug-likeness (QED) is 0.698. The monoisotopic (exact) mass is 443 g/mol. The first-order chi connectivity index (χ1) is 15.6. The Kier molecular flexibility index (Phi) is 5.65. The molecule has 3 aliphatic heterocycles. The molecule has 32 heavy (non-hydrogen) atoms. The molecule has 0 aromatic heterocycles. The van der Waals surface area contributed by atoms with Crippen molar-refractivity contribution in [1.29, 1.82) is 0 Å². The molecule has 0 bridgehead atoms. The minimum atomic E-state index is -0.101. The fourth-order valence-corrected chi connectivity index (χ4v) is 4.97. The smallest absolute Gasteiger partial charge is 0.231 e. The van der Waals surface area contributed by atoms with E-state index < -0.39 is 0 Å². The summed E-state index contributed by atoms with van der Waals surface area (Å²) in [5.41, 5.74) is 2.12. The molecule has 0 spiro atoms. The van der Waals surface area contributed by atoms with Crippen LogP contribution in [0.5, 0.6) is 34.5 Å². The second-order valence-corrected chi connectivity index (χ2v) is 8.20.